The van der Waals surface area contributed by atoms with Gasteiger partial charge in [0.2, 0.25) is 0 Å². The third-order valence-electron chi connectivity index (χ3n) is 2.81. The Morgan fingerprint density at radius 1 is 0.895 bits per heavy atom. The maximum absolute atomic E-state index is 11.0. The van der Waals surface area contributed by atoms with Gasteiger partial charge < -0.3 is 4.74 Å². The Morgan fingerprint density at radius 3 is 2.05 bits per heavy atom. The summed E-state index contributed by atoms with van der Waals surface area (Å²) >= 11 is 5.38. The molecule has 0 fully saturated rings. The maximum Gasteiger partial charge on any atom is 0.326 e. The van der Waals surface area contributed by atoms with E-state index in [0.29, 0.717) is 5.75 Å². The first-order valence-electron chi connectivity index (χ1n) is 6.17. The van der Waals surface area contributed by atoms with Gasteiger partial charge in [-0.05, 0) is 36.1 Å². The number of aryl methyl sites for hydroxylation is 2. The van der Waals surface area contributed by atoms with Crippen molar-refractivity contribution >= 4 is 17.6 Å². The molecule has 2 rings (SSSR count). The predicted octanol–water partition coefficient (Wildman–Crippen LogP) is 3.62. The smallest absolute Gasteiger partial charge is 0.326 e. The fourth-order valence-electron chi connectivity index (χ4n) is 1.82. The summed E-state index contributed by atoms with van der Waals surface area (Å²) in [5.74, 6) is -0.0248. The number of hydrogen-bond acceptors (Lipinski definition) is 2. The van der Waals surface area contributed by atoms with E-state index in [1.807, 2.05) is 30.3 Å². The largest absolute Gasteiger partial charge is 0.426 e. The van der Waals surface area contributed by atoms with Gasteiger partial charge in [0.15, 0.2) is 0 Å². The second kappa shape index (κ2) is 6.95. The third-order valence-corrected chi connectivity index (χ3v) is 3.03. The van der Waals surface area contributed by atoms with E-state index in [4.69, 9.17) is 16.3 Å². The number of alkyl halides is 1. The van der Waals surface area contributed by atoms with Crippen molar-refractivity contribution in [2.75, 3.05) is 5.88 Å². The number of rotatable bonds is 5. The summed E-state index contributed by atoms with van der Waals surface area (Å²) in [7, 11) is 0. The molecule has 0 aliphatic rings. The van der Waals surface area contributed by atoms with Gasteiger partial charge in [0.25, 0.3) is 0 Å². The van der Waals surface area contributed by atoms with E-state index < -0.39 is 5.97 Å². The average molecular weight is 275 g/mol. The van der Waals surface area contributed by atoms with Gasteiger partial charge in [-0.25, -0.2) is 0 Å². The molecule has 0 saturated heterocycles. The zero-order valence-corrected chi connectivity index (χ0v) is 11.3. The first-order chi connectivity index (χ1) is 9.28. The zero-order chi connectivity index (χ0) is 13.5. The van der Waals surface area contributed by atoms with Gasteiger partial charge in [0.1, 0.15) is 11.6 Å². The average Bonchev–Trinajstić information content (AvgIpc) is 2.47. The molecule has 19 heavy (non-hydrogen) atoms. The summed E-state index contributed by atoms with van der Waals surface area (Å²) in [6, 6.07) is 17.9. The summed E-state index contributed by atoms with van der Waals surface area (Å²) < 4.78 is 5.01. The van der Waals surface area contributed by atoms with Crippen molar-refractivity contribution in [2.24, 2.45) is 0 Å². The van der Waals surface area contributed by atoms with Gasteiger partial charge in [-0.3, -0.25) is 4.79 Å². The summed E-state index contributed by atoms with van der Waals surface area (Å²) in [6.45, 7) is 0. The molecule has 3 heteroatoms. The lowest BCUT2D eigenvalue weighted by Crippen LogP contribution is -2.08. The van der Waals surface area contributed by atoms with Crippen molar-refractivity contribution in [1.29, 1.82) is 0 Å². The number of esters is 1. The van der Waals surface area contributed by atoms with Crippen LogP contribution in [0.3, 0.4) is 0 Å². The Labute approximate surface area is 118 Å². The molecule has 0 amide bonds. The van der Waals surface area contributed by atoms with Crippen LogP contribution >= 0.6 is 11.6 Å². The molecule has 0 atom stereocenters. The van der Waals surface area contributed by atoms with Crippen LogP contribution in [0.1, 0.15) is 11.1 Å². The van der Waals surface area contributed by atoms with Crippen LogP contribution < -0.4 is 4.74 Å². The van der Waals surface area contributed by atoms with Crippen molar-refractivity contribution in [3.05, 3.63) is 65.7 Å². The topological polar surface area (TPSA) is 26.3 Å². The molecule has 0 saturated carbocycles. The summed E-state index contributed by atoms with van der Waals surface area (Å²) in [4.78, 5) is 11.0. The molecule has 0 aliphatic carbocycles. The summed E-state index contributed by atoms with van der Waals surface area (Å²) in [6.07, 6.45) is 1.97. The van der Waals surface area contributed by atoms with Crippen LogP contribution in [0, 0.1) is 0 Å². The highest BCUT2D eigenvalue weighted by atomic mass is 35.5. The third kappa shape index (κ3) is 4.42. The Hall–Kier alpha value is -1.80. The maximum atomic E-state index is 11.0. The molecule has 2 aromatic rings. The molecule has 2 aromatic carbocycles. The molecular formula is C16H15ClO2. The van der Waals surface area contributed by atoms with E-state index in [9.17, 15) is 4.79 Å². The van der Waals surface area contributed by atoms with Gasteiger partial charge in [-0.1, -0.05) is 42.5 Å². The molecule has 0 spiro atoms. The SMILES string of the molecule is O=C(CCl)Oc1ccc(CCc2ccccc2)cc1. The van der Waals surface area contributed by atoms with Gasteiger partial charge in [-0.15, -0.1) is 11.6 Å². The normalized spacial score (nSPS) is 10.2. The molecule has 0 heterocycles. The molecule has 0 radical (unpaired) electrons. The predicted molar refractivity (Wildman–Crippen MR) is 76.6 cm³/mol. The fourth-order valence-corrected chi connectivity index (χ4v) is 1.87. The lowest BCUT2D eigenvalue weighted by molar-refractivity contribution is -0.131. The zero-order valence-electron chi connectivity index (χ0n) is 10.5. The number of carbonyl (C=O) groups is 1. The van der Waals surface area contributed by atoms with Crippen molar-refractivity contribution in [1.82, 2.24) is 0 Å². The van der Waals surface area contributed by atoms with E-state index >= 15 is 0 Å². The van der Waals surface area contributed by atoms with E-state index in [-0.39, 0.29) is 5.88 Å². The lowest BCUT2D eigenvalue weighted by atomic mass is 10.0. The summed E-state index contributed by atoms with van der Waals surface area (Å²) in [5.41, 5.74) is 2.54. The van der Waals surface area contributed by atoms with E-state index in [1.165, 1.54) is 11.1 Å². The Bertz CT molecular complexity index is 520. The fraction of sp³-hybridized carbons (Fsp3) is 0.188. The van der Waals surface area contributed by atoms with Crippen LogP contribution in [-0.2, 0) is 17.6 Å². The molecule has 0 aromatic heterocycles. The number of hydrogen-bond donors (Lipinski definition) is 0. The van der Waals surface area contributed by atoms with E-state index in [0.717, 1.165) is 12.8 Å². The minimum atomic E-state index is -0.432. The second-order valence-electron chi connectivity index (χ2n) is 4.24. The highest BCUT2D eigenvalue weighted by Crippen LogP contribution is 2.14. The van der Waals surface area contributed by atoms with Crippen LogP contribution in [0.2, 0.25) is 0 Å². The highest BCUT2D eigenvalue weighted by molar-refractivity contribution is 6.26. The first kappa shape index (κ1) is 13.6. The van der Waals surface area contributed by atoms with Gasteiger partial charge in [0, 0.05) is 0 Å². The van der Waals surface area contributed by atoms with E-state index in [2.05, 4.69) is 12.1 Å². The van der Waals surface area contributed by atoms with Gasteiger partial charge in [0.05, 0.1) is 0 Å². The van der Waals surface area contributed by atoms with Crippen molar-refractivity contribution in [3.8, 4) is 5.75 Å². The molecule has 2 nitrogen and oxygen atoms in total. The first-order valence-corrected chi connectivity index (χ1v) is 6.71. The van der Waals surface area contributed by atoms with Crippen molar-refractivity contribution in [3.63, 3.8) is 0 Å². The summed E-state index contributed by atoms with van der Waals surface area (Å²) in [5, 5.41) is 0. The number of halogens is 1. The lowest BCUT2D eigenvalue weighted by Gasteiger charge is -2.05. The minimum Gasteiger partial charge on any atom is -0.426 e. The monoisotopic (exact) mass is 274 g/mol. The Kier molecular flexibility index (Phi) is 4.99. The van der Waals surface area contributed by atoms with Crippen molar-refractivity contribution < 1.29 is 9.53 Å². The van der Waals surface area contributed by atoms with Crippen LogP contribution in [0.25, 0.3) is 0 Å². The minimum absolute atomic E-state index is 0.129. The highest BCUT2D eigenvalue weighted by Gasteiger charge is 2.02. The molecule has 98 valence electrons. The second-order valence-corrected chi connectivity index (χ2v) is 4.50. The van der Waals surface area contributed by atoms with Crippen LogP contribution in [0.15, 0.2) is 54.6 Å². The van der Waals surface area contributed by atoms with Crippen LogP contribution in [0.4, 0.5) is 0 Å². The standard InChI is InChI=1S/C16H15ClO2/c17-12-16(18)19-15-10-8-14(9-11-15)7-6-13-4-2-1-3-5-13/h1-5,8-11H,6-7,12H2. The number of benzene rings is 2. The van der Waals surface area contributed by atoms with Crippen molar-refractivity contribution in [2.45, 2.75) is 12.8 Å². The molecular weight excluding hydrogens is 260 g/mol. The molecule has 0 aliphatic heterocycles. The number of carbonyl (C=O) groups excluding carboxylic acids is 1. The van der Waals surface area contributed by atoms with Gasteiger partial charge >= 0.3 is 5.97 Å². The van der Waals surface area contributed by atoms with Crippen LogP contribution in [0.5, 0.6) is 5.75 Å². The molecule has 0 unspecified atom stereocenters. The van der Waals surface area contributed by atoms with Crippen LogP contribution in [-0.4, -0.2) is 11.8 Å². The Balaban J connectivity index is 1.90. The molecule has 0 bridgehead atoms. The van der Waals surface area contributed by atoms with E-state index in [1.54, 1.807) is 12.1 Å². The quantitative estimate of drug-likeness (QED) is 0.473. The van der Waals surface area contributed by atoms with Gasteiger partial charge in [-0.2, -0.15) is 0 Å². The number of ether oxygens (including phenoxy) is 1. The Morgan fingerprint density at radius 2 is 1.47 bits per heavy atom. The molecule has 0 N–H and O–H groups in total.